The summed E-state index contributed by atoms with van der Waals surface area (Å²) in [6.45, 7) is 6.47. The van der Waals surface area contributed by atoms with E-state index in [0.717, 1.165) is 109 Å². The van der Waals surface area contributed by atoms with E-state index in [9.17, 15) is 14.4 Å². The quantitative estimate of drug-likeness (QED) is 0.0261. The number of rotatable bonds is 56. The molecular weight excluding hydrogens is 913 g/mol. The van der Waals surface area contributed by atoms with E-state index in [1.807, 2.05) is 0 Å². The fourth-order valence-electron chi connectivity index (χ4n) is 8.65. The number of carbonyl (C=O) groups is 3. The minimum atomic E-state index is -0.781. The zero-order valence-electron chi connectivity index (χ0n) is 48.6. The van der Waals surface area contributed by atoms with Crippen molar-refractivity contribution < 1.29 is 28.6 Å². The molecular formula is C68H116O6. The van der Waals surface area contributed by atoms with Gasteiger partial charge in [0.1, 0.15) is 13.2 Å². The summed E-state index contributed by atoms with van der Waals surface area (Å²) in [5.74, 6) is -0.898. The van der Waals surface area contributed by atoms with Gasteiger partial charge in [0.25, 0.3) is 0 Å². The van der Waals surface area contributed by atoms with Gasteiger partial charge in [-0.25, -0.2) is 0 Å². The van der Waals surface area contributed by atoms with Crippen LogP contribution < -0.4 is 0 Å². The molecule has 0 fully saturated rings. The molecule has 0 N–H and O–H groups in total. The Bertz CT molecular complexity index is 1460. The molecule has 0 radical (unpaired) electrons. The number of hydrogen-bond donors (Lipinski definition) is 0. The highest BCUT2D eigenvalue weighted by Gasteiger charge is 2.19. The van der Waals surface area contributed by atoms with Gasteiger partial charge in [-0.05, 0) is 103 Å². The predicted octanol–water partition coefficient (Wildman–Crippen LogP) is 21.3. The maximum Gasteiger partial charge on any atom is 0.306 e. The molecule has 0 aliphatic carbocycles. The number of carbonyl (C=O) groups excluding carboxylic acids is 3. The number of esters is 3. The number of unbranched alkanes of at least 4 members (excludes halogenated alkanes) is 29. The first-order valence-electron chi connectivity index (χ1n) is 31.2. The van der Waals surface area contributed by atoms with Crippen molar-refractivity contribution in [3.05, 3.63) is 97.2 Å². The number of allylic oxidation sites excluding steroid dienone is 16. The van der Waals surface area contributed by atoms with Crippen LogP contribution in [0.3, 0.4) is 0 Å². The minimum absolute atomic E-state index is 0.0808. The summed E-state index contributed by atoms with van der Waals surface area (Å²) in [5.41, 5.74) is 0. The lowest BCUT2D eigenvalue weighted by atomic mass is 10.1. The average molecular weight is 1030 g/mol. The third kappa shape index (κ3) is 59.2. The van der Waals surface area contributed by atoms with E-state index in [1.54, 1.807) is 0 Å². The molecule has 0 bridgehead atoms. The topological polar surface area (TPSA) is 78.9 Å². The largest absolute Gasteiger partial charge is 0.462 e. The third-order valence-corrected chi connectivity index (χ3v) is 13.3. The monoisotopic (exact) mass is 1030 g/mol. The Morgan fingerprint density at radius 3 is 0.838 bits per heavy atom. The Kier molecular flexibility index (Phi) is 58.8. The second kappa shape index (κ2) is 61.9. The van der Waals surface area contributed by atoms with E-state index < -0.39 is 6.10 Å². The van der Waals surface area contributed by atoms with Gasteiger partial charge in [-0.2, -0.15) is 0 Å². The van der Waals surface area contributed by atoms with Crippen molar-refractivity contribution in [2.24, 2.45) is 0 Å². The lowest BCUT2D eigenvalue weighted by Crippen LogP contribution is -2.30. The van der Waals surface area contributed by atoms with Crippen LogP contribution in [0.5, 0.6) is 0 Å². The fraction of sp³-hybridized carbons (Fsp3) is 0.721. The smallest absolute Gasteiger partial charge is 0.306 e. The molecule has 0 aliphatic heterocycles. The fourth-order valence-corrected chi connectivity index (χ4v) is 8.65. The molecule has 0 saturated heterocycles. The van der Waals surface area contributed by atoms with Gasteiger partial charge < -0.3 is 14.2 Å². The van der Waals surface area contributed by atoms with Gasteiger partial charge >= 0.3 is 17.9 Å². The molecule has 0 aliphatic rings. The summed E-state index contributed by atoms with van der Waals surface area (Å²) in [4.78, 5) is 38.0. The molecule has 424 valence electrons. The maximum atomic E-state index is 12.8. The van der Waals surface area contributed by atoms with Gasteiger partial charge in [0, 0.05) is 19.3 Å². The molecule has 6 heteroatoms. The van der Waals surface area contributed by atoms with Gasteiger partial charge in [0.05, 0.1) is 0 Å². The molecule has 0 aromatic rings. The van der Waals surface area contributed by atoms with Gasteiger partial charge in [-0.15, -0.1) is 0 Å². The lowest BCUT2D eigenvalue weighted by molar-refractivity contribution is -0.167. The van der Waals surface area contributed by atoms with E-state index in [1.165, 1.54) is 148 Å². The van der Waals surface area contributed by atoms with Crippen molar-refractivity contribution in [3.63, 3.8) is 0 Å². The first-order valence-corrected chi connectivity index (χ1v) is 31.2. The van der Waals surface area contributed by atoms with E-state index in [4.69, 9.17) is 14.2 Å². The molecule has 74 heavy (non-hydrogen) atoms. The van der Waals surface area contributed by atoms with Gasteiger partial charge in [0.15, 0.2) is 6.10 Å². The van der Waals surface area contributed by atoms with Crippen LogP contribution in [0.2, 0.25) is 0 Å². The summed E-state index contributed by atoms with van der Waals surface area (Å²) in [5, 5.41) is 0. The summed E-state index contributed by atoms with van der Waals surface area (Å²) < 4.78 is 16.8. The standard InChI is InChI=1S/C68H116O6/c1-4-7-10-13-16-18-20-22-24-26-28-30-31-32-33-34-35-36-37-39-40-42-44-46-48-50-52-55-58-61-67(70)73-64-65(63-72-66(69)60-57-54-15-12-9-6-3)74-68(71)62-59-56-53-51-49-47-45-43-41-38-29-27-25-23-21-19-17-14-11-8-5-2/h7,10,16,18,22,24,27-30,32-33,35-36,39-40,65H,4-6,8-9,11-15,17,19-21,23,25-26,31,34,37-38,41-64H2,1-3H3/b10-7-,18-16-,24-22-,29-27-,30-28-,33-32-,36-35-,40-39-. The Labute approximate surface area is 457 Å². The van der Waals surface area contributed by atoms with Crippen LogP contribution >= 0.6 is 0 Å². The van der Waals surface area contributed by atoms with Crippen molar-refractivity contribution in [1.29, 1.82) is 0 Å². The first-order chi connectivity index (χ1) is 36.5. The molecule has 0 saturated carbocycles. The van der Waals surface area contributed by atoms with Crippen LogP contribution in [0.4, 0.5) is 0 Å². The molecule has 1 atom stereocenters. The molecule has 1 unspecified atom stereocenters. The van der Waals surface area contributed by atoms with Crippen LogP contribution in [0.15, 0.2) is 97.2 Å². The van der Waals surface area contributed by atoms with Gasteiger partial charge in [-0.3, -0.25) is 14.4 Å². The highest BCUT2D eigenvalue weighted by atomic mass is 16.6. The Hall–Kier alpha value is -3.67. The SMILES string of the molecule is CC/C=C\C/C=C\C/C=C\C/C=C\C/C=C\C/C=C\C/C=C\CCCCCCCCCC(=O)OCC(COC(=O)CCCCCCCC)OC(=O)CCCCCCCCCCC/C=C\CCCCCCCCCC. The van der Waals surface area contributed by atoms with Gasteiger partial charge in [-0.1, -0.05) is 272 Å². The molecule has 0 spiro atoms. The van der Waals surface area contributed by atoms with Crippen molar-refractivity contribution in [2.45, 2.75) is 303 Å². The zero-order chi connectivity index (χ0) is 53.6. The number of ether oxygens (including phenoxy) is 3. The second-order valence-corrected chi connectivity index (χ2v) is 20.6. The first kappa shape index (κ1) is 70.3. The minimum Gasteiger partial charge on any atom is -0.462 e. The van der Waals surface area contributed by atoms with Crippen LogP contribution in [-0.4, -0.2) is 37.2 Å². The number of hydrogen-bond acceptors (Lipinski definition) is 6. The summed E-state index contributed by atoms with van der Waals surface area (Å²) in [6.07, 6.45) is 83.0. The van der Waals surface area contributed by atoms with E-state index >= 15 is 0 Å². The molecule has 0 amide bonds. The summed E-state index contributed by atoms with van der Waals surface area (Å²) in [6, 6.07) is 0. The Morgan fingerprint density at radius 1 is 0.284 bits per heavy atom. The highest BCUT2D eigenvalue weighted by molar-refractivity contribution is 5.71. The van der Waals surface area contributed by atoms with Gasteiger partial charge in [0.2, 0.25) is 0 Å². The highest BCUT2D eigenvalue weighted by Crippen LogP contribution is 2.16. The van der Waals surface area contributed by atoms with Crippen molar-refractivity contribution in [2.75, 3.05) is 13.2 Å². The van der Waals surface area contributed by atoms with Crippen LogP contribution in [0.1, 0.15) is 297 Å². The lowest BCUT2D eigenvalue weighted by Gasteiger charge is -2.18. The van der Waals surface area contributed by atoms with Crippen LogP contribution in [0.25, 0.3) is 0 Å². The average Bonchev–Trinajstić information content (AvgIpc) is 3.40. The summed E-state index contributed by atoms with van der Waals surface area (Å²) >= 11 is 0. The molecule has 0 rings (SSSR count). The predicted molar refractivity (Wildman–Crippen MR) is 320 cm³/mol. The van der Waals surface area contributed by atoms with Crippen molar-refractivity contribution in [3.8, 4) is 0 Å². The maximum absolute atomic E-state index is 12.8. The summed E-state index contributed by atoms with van der Waals surface area (Å²) in [7, 11) is 0. The van der Waals surface area contributed by atoms with E-state index in [-0.39, 0.29) is 31.1 Å². The Balaban J connectivity index is 4.14. The zero-order valence-corrected chi connectivity index (χ0v) is 48.6. The van der Waals surface area contributed by atoms with Crippen molar-refractivity contribution in [1.82, 2.24) is 0 Å². The Morgan fingerprint density at radius 2 is 0.527 bits per heavy atom. The van der Waals surface area contributed by atoms with Crippen LogP contribution in [0, 0.1) is 0 Å². The second-order valence-electron chi connectivity index (χ2n) is 20.6. The van der Waals surface area contributed by atoms with E-state index in [2.05, 4.69) is 118 Å². The van der Waals surface area contributed by atoms with E-state index in [0.29, 0.717) is 19.3 Å². The van der Waals surface area contributed by atoms with Crippen molar-refractivity contribution >= 4 is 17.9 Å². The normalized spacial score (nSPS) is 12.7. The molecule has 0 heterocycles. The molecule has 6 nitrogen and oxygen atoms in total. The molecule has 0 aromatic heterocycles. The van der Waals surface area contributed by atoms with Crippen LogP contribution in [-0.2, 0) is 28.6 Å². The molecule has 0 aromatic carbocycles. The third-order valence-electron chi connectivity index (χ3n) is 13.3.